The van der Waals surface area contributed by atoms with Crippen molar-refractivity contribution in [1.82, 2.24) is 10.3 Å². The zero-order valence-electron chi connectivity index (χ0n) is 15.0. The highest BCUT2D eigenvalue weighted by Gasteiger charge is 2.23. The largest absolute Gasteiger partial charge is 0.494 e. The quantitative estimate of drug-likeness (QED) is 0.566. The molecule has 0 aliphatic carbocycles. The minimum absolute atomic E-state index is 0.0340. The third-order valence-corrected chi connectivity index (χ3v) is 5.20. The van der Waals surface area contributed by atoms with Gasteiger partial charge in [0, 0.05) is 11.1 Å². The molecule has 0 unspecified atom stereocenters. The molecular weight excluding hydrogens is 350 g/mol. The molecule has 1 N–H and O–H groups in total. The van der Waals surface area contributed by atoms with Gasteiger partial charge in [0.25, 0.3) is 0 Å². The molecule has 3 rings (SSSR count). The van der Waals surface area contributed by atoms with Crippen molar-refractivity contribution in [2.75, 3.05) is 33.1 Å². The molecule has 1 aromatic carbocycles. The molecule has 1 atom stereocenters. The van der Waals surface area contributed by atoms with E-state index in [0.29, 0.717) is 13.0 Å². The van der Waals surface area contributed by atoms with Crippen LogP contribution >= 0.6 is 11.8 Å². The fourth-order valence-electron chi connectivity index (χ4n) is 2.69. The molecule has 6 nitrogen and oxygen atoms in total. The number of carbonyl (C=O) groups is 1. The molecule has 1 aliphatic rings. The number of hydrogen-bond donors (Lipinski definition) is 1. The molecule has 1 aliphatic heterocycles. The lowest BCUT2D eigenvalue weighted by Crippen LogP contribution is -2.12. The Morgan fingerprint density at radius 2 is 2.23 bits per heavy atom. The van der Waals surface area contributed by atoms with Crippen LogP contribution in [0.2, 0.25) is 0 Å². The monoisotopic (exact) mass is 373 g/mol. The summed E-state index contributed by atoms with van der Waals surface area (Å²) in [4.78, 5) is 20.7. The van der Waals surface area contributed by atoms with Gasteiger partial charge in [0.2, 0.25) is 0 Å². The van der Waals surface area contributed by atoms with Crippen molar-refractivity contribution in [2.45, 2.75) is 18.9 Å². The van der Waals surface area contributed by atoms with Crippen LogP contribution in [0.4, 0.5) is 0 Å². The lowest BCUT2D eigenvalue weighted by atomic mass is 10.2. The van der Waals surface area contributed by atoms with Crippen molar-refractivity contribution in [1.29, 1.82) is 0 Å². The number of aromatic nitrogens is 1. The van der Waals surface area contributed by atoms with Gasteiger partial charge in [-0.2, -0.15) is 0 Å². The first-order valence-corrected chi connectivity index (χ1v) is 9.64. The van der Waals surface area contributed by atoms with E-state index < -0.39 is 0 Å². The van der Waals surface area contributed by atoms with Crippen LogP contribution in [0.25, 0.3) is 10.9 Å². The van der Waals surface area contributed by atoms with Crippen molar-refractivity contribution in [2.24, 2.45) is 4.99 Å². The number of rotatable bonds is 8. The first kappa shape index (κ1) is 18.7. The fourth-order valence-corrected chi connectivity index (χ4v) is 3.72. The zero-order chi connectivity index (χ0) is 18.4. The predicted octanol–water partition coefficient (Wildman–Crippen LogP) is 2.65. The number of aliphatic imine (C=N–C) groups is 1. The number of pyridine rings is 1. The van der Waals surface area contributed by atoms with E-state index >= 15 is 0 Å². The summed E-state index contributed by atoms with van der Waals surface area (Å²) in [6.45, 7) is 1.63. The highest BCUT2D eigenvalue weighted by Crippen LogP contribution is 2.26. The van der Waals surface area contributed by atoms with Crippen LogP contribution in [-0.4, -0.2) is 55.1 Å². The molecule has 0 amide bonds. The number of methoxy groups -OCH3 is 1. The number of hydrogen-bond acceptors (Lipinski definition) is 7. The van der Waals surface area contributed by atoms with Gasteiger partial charge >= 0.3 is 5.97 Å². The third-order valence-electron chi connectivity index (χ3n) is 4.06. The Labute approximate surface area is 157 Å². The van der Waals surface area contributed by atoms with Gasteiger partial charge in [0.1, 0.15) is 10.8 Å². The van der Waals surface area contributed by atoms with Crippen LogP contribution in [0.3, 0.4) is 0 Å². The highest BCUT2D eigenvalue weighted by molar-refractivity contribution is 8.14. The van der Waals surface area contributed by atoms with Crippen molar-refractivity contribution in [3.8, 4) is 5.75 Å². The Balaban J connectivity index is 1.69. The van der Waals surface area contributed by atoms with Gasteiger partial charge in [-0.25, -0.2) is 4.98 Å². The molecule has 138 valence electrons. The van der Waals surface area contributed by atoms with E-state index in [0.717, 1.165) is 46.1 Å². The number of nitrogens with zero attached hydrogens (tertiary/aromatic N) is 2. The van der Waals surface area contributed by atoms with E-state index in [4.69, 9.17) is 14.5 Å². The summed E-state index contributed by atoms with van der Waals surface area (Å²) >= 11 is 1.63. The van der Waals surface area contributed by atoms with Crippen LogP contribution in [0.1, 0.15) is 18.5 Å². The average Bonchev–Trinajstić information content (AvgIpc) is 3.13. The van der Waals surface area contributed by atoms with E-state index in [9.17, 15) is 4.79 Å². The molecule has 0 spiro atoms. The van der Waals surface area contributed by atoms with Gasteiger partial charge in [-0.3, -0.25) is 9.79 Å². The molecular formula is C19H23N3O3S. The Morgan fingerprint density at radius 3 is 3.04 bits per heavy atom. The molecule has 1 aromatic heterocycles. The van der Waals surface area contributed by atoms with Gasteiger partial charge in [0.15, 0.2) is 0 Å². The number of fused-ring (bicyclic) bond motifs is 1. The van der Waals surface area contributed by atoms with Crippen molar-refractivity contribution >= 4 is 33.7 Å². The van der Waals surface area contributed by atoms with Gasteiger partial charge in [0.05, 0.1) is 37.4 Å². The van der Waals surface area contributed by atoms with Gasteiger partial charge in [-0.05, 0) is 44.3 Å². The number of esters is 1. The summed E-state index contributed by atoms with van der Waals surface area (Å²) in [5, 5.41) is 5.02. The lowest BCUT2D eigenvalue weighted by Gasteiger charge is -2.08. The number of nitrogens with one attached hydrogen (secondary N) is 1. The van der Waals surface area contributed by atoms with E-state index in [1.54, 1.807) is 11.8 Å². The third kappa shape index (κ3) is 4.74. The molecule has 26 heavy (non-hydrogen) atoms. The lowest BCUT2D eigenvalue weighted by molar-refractivity contribution is -0.140. The predicted molar refractivity (Wildman–Crippen MR) is 105 cm³/mol. The standard InChI is InChI=1S/C19H23N3O3S/c1-20-8-3-9-25-15-5-7-16-13(10-15)4-6-17(22-16)19-21-14(12-26-19)11-18(23)24-2/h4-7,10,14,20H,3,8-9,11-12H2,1-2H3/t14-/m0/s1. The molecule has 0 saturated heterocycles. The summed E-state index contributed by atoms with van der Waals surface area (Å²) < 4.78 is 10.5. The molecule has 2 aromatic rings. The van der Waals surface area contributed by atoms with Crippen LogP contribution < -0.4 is 10.1 Å². The van der Waals surface area contributed by atoms with Crippen LogP contribution in [0.15, 0.2) is 35.3 Å². The number of carbonyl (C=O) groups excluding carboxylic acids is 1. The van der Waals surface area contributed by atoms with Gasteiger partial charge in [-0.15, -0.1) is 11.8 Å². The average molecular weight is 373 g/mol. The second-order valence-electron chi connectivity index (χ2n) is 6.04. The van der Waals surface area contributed by atoms with E-state index in [2.05, 4.69) is 10.3 Å². The maximum atomic E-state index is 11.4. The molecule has 7 heteroatoms. The van der Waals surface area contributed by atoms with Crippen molar-refractivity contribution < 1.29 is 14.3 Å². The van der Waals surface area contributed by atoms with E-state index in [1.807, 2.05) is 37.4 Å². The van der Waals surface area contributed by atoms with Gasteiger partial charge < -0.3 is 14.8 Å². The second kappa shape index (κ2) is 9.00. The number of ether oxygens (including phenoxy) is 2. The molecule has 0 radical (unpaired) electrons. The minimum atomic E-state index is -0.227. The molecule has 2 heterocycles. The molecule has 0 saturated carbocycles. The maximum absolute atomic E-state index is 11.4. The van der Waals surface area contributed by atoms with Crippen molar-refractivity contribution in [3.63, 3.8) is 0 Å². The van der Waals surface area contributed by atoms with Gasteiger partial charge in [-0.1, -0.05) is 6.07 Å². The Kier molecular flexibility index (Phi) is 6.46. The summed E-state index contributed by atoms with van der Waals surface area (Å²) in [5.74, 6) is 1.41. The SMILES string of the molecule is CNCCCOc1ccc2nc(C3=N[C@@H](CC(=O)OC)CS3)ccc2c1. The number of benzene rings is 1. The smallest absolute Gasteiger partial charge is 0.307 e. The summed E-state index contributed by atoms with van der Waals surface area (Å²) in [7, 11) is 3.34. The normalized spacial score (nSPS) is 16.5. The second-order valence-corrected chi connectivity index (χ2v) is 7.04. The zero-order valence-corrected chi connectivity index (χ0v) is 15.8. The first-order valence-electron chi connectivity index (χ1n) is 8.65. The fraction of sp³-hybridized carbons (Fsp3) is 0.421. The van der Waals surface area contributed by atoms with Crippen LogP contribution in [-0.2, 0) is 9.53 Å². The van der Waals surface area contributed by atoms with Crippen LogP contribution in [0.5, 0.6) is 5.75 Å². The molecule has 0 bridgehead atoms. The van der Waals surface area contributed by atoms with E-state index in [-0.39, 0.29) is 12.0 Å². The maximum Gasteiger partial charge on any atom is 0.307 e. The topological polar surface area (TPSA) is 72.8 Å². The Morgan fingerprint density at radius 1 is 1.35 bits per heavy atom. The number of thioether (sulfide) groups is 1. The summed E-state index contributed by atoms with van der Waals surface area (Å²) in [6.07, 6.45) is 1.28. The highest BCUT2D eigenvalue weighted by atomic mass is 32.2. The molecule has 0 fully saturated rings. The Bertz CT molecular complexity index is 810. The summed E-state index contributed by atoms with van der Waals surface area (Å²) in [5.41, 5.74) is 1.75. The summed E-state index contributed by atoms with van der Waals surface area (Å²) in [6, 6.07) is 9.90. The van der Waals surface area contributed by atoms with E-state index in [1.165, 1.54) is 7.11 Å². The Hall–Kier alpha value is -2.12. The van der Waals surface area contributed by atoms with Crippen molar-refractivity contribution in [3.05, 3.63) is 36.0 Å². The first-order chi connectivity index (χ1) is 12.7. The minimum Gasteiger partial charge on any atom is -0.494 e. The van der Waals surface area contributed by atoms with Crippen LogP contribution in [0, 0.1) is 0 Å².